The zero-order chi connectivity index (χ0) is 21.5. The van der Waals surface area contributed by atoms with E-state index in [-0.39, 0.29) is 36.6 Å². The first kappa shape index (κ1) is 21.7. The second-order valence-corrected chi connectivity index (χ2v) is 7.48. The number of hydrogen-bond acceptors (Lipinski definition) is 2. The lowest BCUT2D eigenvalue weighted by Crippen LogP contribution is -2.42. The van der Waals surface area contributed by atoms with Gasteiger partial charge in [0.1, 0.15) is 17.5 Å². The maximum absolute atomic E-state index is 13.2. The van der Waals surface area contributed by atoms with Crippen LogP contribution in [-0.4, -0.2) is 29.9 Å². The molecule has 160 valence electrons. The van der Waals surface area contributed by atoms with Crippen LogP contribution in [0.4, 0.5) is 23.7 Å². The van der Waals surface area contributed by atoms with Crippen molar-refractivity contribution in [3.63, 3.8) is 0 Å². The highest BCUT2D eigenvalue weighted by Gasteiger charge is 2.24. The van der Waals surface area contributed by atoms with Crippen molar-refractivity contribution in [3.05, 3.63) is 65.5 Å². The van der Waals surface area contributed by atoms with Gasteiger partial charge in [0.15, 0.2) is 0 Å². The molecule has 1 aliphatic rings. The highest BCUT2D eigenvalue weighted by atomic mass is 19.1. The number of nitrogens with zero attached hydrogens (tertiary/aromatic N) is 1. The molecule has 2 aromatic carbocycles. The minimum absolute atomic E-state index is 0.0599. The van der Waals surface area contributed by atoms with E-state index < -0.39 is 11.6 Å². The molecule has 0 radical (unpaired) electrons. The largest absolute Gasteiger partial charge is 0.352 e. The third kappa shape index (κ3) is 6.50. The van der Waals surface area contributed by atoms with Crippen molar-refractivity contribution in [1.29, 1.82) is 0 Å². The van der Waals surface area contributed by atoms with Gasteiger partial charge in [-0.3, -0.25) is 4.79 Å². The Balaban J connectivity index is 1.42. The zero-order valence-electron chi connectivity index (χ0n) is 16.5. The first-order valence-electron chi connectivity index (χ1n) is 9.92. The Morgan fingerprint density at radius 1 is 1.00 bits per heavy atom. The predicted molar refractivity (Wildman–Crippen MR) is 107 cm³/mol. The van der Waals surface area contributed by atoms with E-state index in [1.165, 1.54) is 36.4 Å². The fraction of sp³-hybridized carbons (Fsp3) is 0.364. The number of anilines is 1. The van der Waals surface area contributed by atoms with E-state index in [0.717, 1.165) is 18.9 Å². The molecular weight excluding hydrogens is 395 g/mol. The van der Waals surface area contributed by atoms with E-state index in [9.17, 15) is 22.8 Å². The lowest BCUT2D eigenvalue weighted by molar-refractivity contribution is -0.121. The Hall–Kier alpha value is -3.03. The number of amides is 3. The van der Waals surface area contributed by atoms with Crippen LogP contribution in [0.3, 0.4) is 0 Å². The number of rotatable bonds is 6. The van der Waals surface area contributed by atoms with Gasteiger partial charge in [-0.1, -0.05) is 0 Å². The summed E-state index contributed by atoms with van der Waals surface area (Å²) in [5, 5.41) is 5.42. The molecule has 1 unspecified atom stereocenters. The van der Waals surface area contributed by atoms with Crippen LogP contribution in [0.15, 0.2) is 42.5 Å². The van der Waals surface area contributed by atoms with Gasteiger partial charge < -0.3 is 15.5 Å². The third-order valence-corrected chi connectivity index (χ3v) is 5.09. The Bertz CT molecular complexity index is 869. The van der Waals surface area contributed by atoms with Gasteiger partial charge in [-0.05, 0) is 67.1 Å². The number of benzene rings is 2. The molecule has 0 aliphatic carbocycles. The molecule has 1 fully saturated rings. The standard InChI is InChI=1S/C22H24F3N3O2/c23-17-4-6-20(7-5-17)27-22(30)28-9-1-2-15(14-28)3-8-21(29)26-13-16-10-18(24)12-19(25)11-16/h4-7,10-12,15H,1-3,8-9,13-14H2,(H,26,29)(H,27,30). The molecule has 1 aliphatic heterocycles. The first-order valence-corrected chi connectivity index (χ1v) is 9.92. The monoisotopic (exact) mass is 419 g/mol. The molecule has 0 spiro atoms. The highest BCUT2D eigenvalue weighted by Crippen LogP contribution is 2.22. The predicted octanol–water partition coefficient (Wildman–Crippen LogP) is 4.44. The van der Waals surface area contributed by atoms with E-state index in [0.29, 0.717) is 30.8 Å². The minimum atomic E-state index is -0.680. The summed E-state index contributed by atoms with van der Waals surface area (Å²) >= 11 is 0. The van der Waals surface area contributed by atoms with E-state index in [4.69, 9.17) is 0 Å². The summed E-state index contributed by atoms with van der Waals surface area (Å²) in [5.41, 5.74) is 0.888. The number of nitrogens with one attached hydrogen (secondary N) is 2. The van der Waals surface area contributed by atoms with Crippen molar-refractivity contribution in [2.24, 2.45) is 5.92 Å². The van der Waals surface area contributed by atoms with Crippen LogP contribution >= 0.6 is 0 Å². The highest BCUT2D eigenvalue weighted by molar-refractivity contribution is 5.89. The van der Waals surface area contributed by atoms with Crippen LogP contribution in [0.25, 0.3) is 0 Å². The fourth-order valence-corrected chi connectivity index (χ4v) is 3.56. The Morgan fingerprint density at radius 2 is 1.70 bits per heavy atom. The summed E-state index contributed by atoms with van der Waals surface area (Å²) in [6.45, 7) is 1.22. The number of carbonyl (C=O) groups is 2. The van der Waals surface area contributed by atoms with Crippen molar-refractivity contribution in [1.82, 2.24) is 10.2 Å². The summed E-state index contributed by atoms with van der Waals surface area (Å²) in [5.74, 6) is -1.74. The van der Waals surface area contributed by atoms with Gasteiger partial charge >= 0.3 is 6.03 Å². The molecule has 0 bridgehead atoms. The average Bonchev–Trinajstić information content (AvgIpc) is 2.72. The lowest BCUT2D eigenvalue weighted by Gasteiger charge is -2.32. The number of urea groups is 1. The minimum Gasteiger partial charge on any atom is -0.352 e. The van der Waals surface area contributed by atoms with Crippen molar-refractivity contribution in [3.8, 4) is 0 Å². The molecule has 30 heavy (non-hydrogen) atoms. The molecule has 0 aromatic heterocycles. The number of piperidine rings is 1. The second-order valence-electron chi connectivity index (χ2n) is 7.48. The van der Waals surface area contributed by atoms with Gasteiger partial charge in [0.2, 0.25) is 5.91 Å². The lowest BCUT2D eigenvalue weighted by atomic mass is 9.93. The summed E-state index contributed by atoms with van der Waals surface area (Å²) in [4.78, 5) is 26.2. The maximum atomic E-state index is 13.2. The maximum Gasteiger partial charge on any atom is 0.321 e. The van der Waals surface area contributed by atoms with Crippen LogP contribution in [0, 0.1) is 23.4 Å². The summed E-state index contributed by atoms with van der Waals surface area (Å²) < 4.78 is 39.4. The molecule has 1 atom stereocenters. The van der Waals surface area contributed by atoms with Crippen molar-refractivity contribution >= 4 is 17.6 Å². The SMILES string of the molecule is O=C(CCC1CCCN(C(=O)Nc2ccc(F)cc2)C1)NCc1cc(F)cc(F)c1. The molecule has 1 heterocycles. The van der Waals surface area contributed by atoms with Crippen LogP contribution in [-0.2, 0) is 11.3 Å². The first-order chi connectivity index (χ1) is 14.4. The summed E-state index contributed by atoms with van der Waals surface area (Å²) in [6, 6.07) is 8.48. The zero-order valence-corrected chi connectivity index (χ0v) is 16.5. The topological polar surface area (TPSA) is 61.4 Å². The Morgan fingerprint density at radius 3 is 2.40 bits per heavy atom. The van der Waals surface area contributed by atoms with E-state index in [2.05, 4.69) is 10.6 Å². The molecule has 8 heteroatoms. The van der Waals surface area contributed by atoms with Gasteiger partial charge in [-0.25, -0.2) is 18.0 Å². The molecule has 1 saturated heterocycles. The van der Waals surface area contributed by atoms with Gasteiger partial charge in [-0.15, -0.1) is 0 Å². The third-order valence-electron chi connectivity index (χ3n) is 5.09. The normalized spacial score (nSPS) is 16.2. The molecule has 3 rings (SSSR count). The van der Waals surface area contributed by atoms with Crippen LogP contribution in [0.1, 0.15) is 31.2 Å². The Labute approximate surface area is 173 Å². The second kappa shape index (κ2) is 10.1. The fourth-order valence-electron chi connectivity index (χ4n) is 3.56. The molecule has 2 aromatic rings. The van der Waals surface area contributed by atoms with E-state index >= 15 is 0 Å². The van der Waals surface area contributed by atoms with Crippen molar-refractivity contribution < 1.29 is 22.8 Å². The van der Waals surface area contributed by atoms with Gasteiger partial charge in [-0.2, -0.15) is 0 Å². The molecule has 2 N–H and O–H groups in total. The molecule has 3 amide bonds. The Kier molecular flexibility index (Phi) is 7.32. The van der Waals surface area contributed by atoms with E-state index in [1.807, 2.05) is 0 Å². The van der Waals surface area contributed by atoms with Crippen LogP contribution in [0.2, 0.25) is 0 Å². The average molecular weight is 419 g/mol. The molecule has 5 nitrogen and oxygen atoms in total. The van der Waals surface area contributed by atoms with Crippen molar-refractivity contribution in [2.75, 3.05) is 18.4 Å². The number of carbonyl (C=O) groups excluding carboxylic acids is 2. The summed E-state index contributed by atoms with van der Waals surface area (Å²) in [6.07, 6.45) is 2.65. The van der Waals surface area contributed by atoms with E-state index in [1.54, 1.807) is 4.90 Å². The number of hydrogen-bond donors (Lipinski definition) is 2. The molecular formula is C22H24F3N3O2. The number of likely N-dealkylation sites (tertiary alicyclic amines) is 1. The van der Waals surface area contributed by atoms with Crippen molar-refractivity contribution in [2.45, 2.75) is 32.2 Å². The van der Waals surface area contributed by atoms with Gasteiger partial charge in [0.25, 0.3) is 0 Å². The smallest absolute Gasteiger partial charge is 0.321 e. The van der Waals surface area contributed by atoms with Gasteiger partial charge in [0, 0.05) is 37.8 Å². The number of halogens is 3. The van der Waals surface area contributed by atoms with Crippen LogP contribution < -0.4 is 10.6 Å². The van der Waals surface area contributed by atoms with Crippen LogP contribution in [0.5, 0.6) is 0 Å². The van der Waals surface area contributed by atoms with Gasteiger partial charge in [0.05, 0.1) is 0 Å². The quantitative estimate of drug-likeness (QED) is 0.727. The summed E-state index contributed by atoms with van der Waals surface area (Å²) in [7, 11) is 0. The molecule has 0 saturated carbocycles.